The number of nitrogen functional groups attached to an aromatic ring is 1. The number of nitrogens with two attached hydrogens (primary N) is 1. The first-order valence-electron chi connectivity index (χ1n) is 9.97. The molecule has 2 aliphatic rings. The third-order valence-electron chi connectivity index (χ3n) is 5.73. The Morgan fingerprint density at radius 3 is 2.68 bits per heavy atom. The summed E-state index contributed by atoms with van der Waals surface area (Å²) < 4.78 is 0. The van der Waals surface area contributed by atoms with E-state index in [0.29, 0.717) is 15.7 Å². The van der Waals surface area contributed by atoms with E-state index in [-0.39, 0.29) is 5.91 Å². The van der Waals surface area contributed by atoms with Crippen LogP contribution in [0.4, 0.5) is 16.6 Å². The number of H-pyrrole nitrogens is 1. The fourth-order valence-electron chi connectivity index (χ4n) is 4.40. The first-order chi connectivity index (χ1) is 13.7. The van der Waals surface area contributed by atoms with Gasteiger partial charge in [-0.1, -0.05) is 11.3 Å². The van der Waals surface area contributed by atoms with E-state index >= 15 is 0 Å². The zero-order chi connectivity index (χ0) is 19.1. The molecule has 0 saturated carbocycles. The first kappa shape index (κ1) is 17.9. The highest BCUT2D eigenvalue weighted by Gasteiger charge is 2.29. The molecule has 0 unspecified atom stereocenters. The number of amides is 1. The predicted molar refractivity (Wildman–Crippen MR) is 116 cm³/mol. The number of nitrogens with one attached hydrogen (secondary N) is 2. The fourth-order valence-corrected chi connectivity index (χ4v) is 5.98. The normalized spacial score (nSPS) is 16.9. The molecule has 3 aromatic rings. The van der Waals surface area contributed by atoms with E-state index in [0.717, 1.165) is 42.0 Å². The fraction of sp³-hybridized carbons (Fsp3) is 0.450. The van der Waals surface area contributed by atoms with Crippen molar-refractivity contribution in [1.82, 2.24) is 4.98 Å². The number of thiophene rings is 1. The summed E-state index contributed by atoms with van der Waals surface area (Å²) in [5.74, 6) is 0.977. The van der Waals surface area contributed by atoms with Crippen LogP contribution in [0.25, 0.3) is 10.2 Å². The van der Waals surface area contributed by atoms with Crippen molar-refractivity contribution in [2.45, 2.75) is 44.9 Å². The van der Waals surface area contributed by atoms with E-state index in [1.54, 1.807) is 6.20 Å². The number of rotatable bonds is 3. The summed E-state index contributed by atoms with van der Waals surface area (Å²) in [4.78, 5) is 24.8. The molecular weight excluding hydrogens is 390 g/mol. The van der Waals surface area contributed by atoms with Crippen molar-refractivity contribution in [3.8, 4) is 0 Å². The maximum Gasteiger partial charge on any atom is 0.351 e. The molecule has 6 nitrogen and oxygen atoms in total. The third-order valence-corrected chi connectivity index (χ3v) is 7.56. The minimum Gasteiger partial charge on any atom is -0.397 e. The van der Waals surface area contributed by atoms with Crippen LogP contribution in [-0.2, 0) is 12.8 Å². The van der Waals surface area contributed by atoms with Gasteiger partial charge in [0.25, 0.3) is 0 Å². The summed E-state index contributed by atoms with van der Waals surface area (Å²) in [5.41, 5.74) is 9.79. The summed E-state index contributed by atoms with van der Waals surface area (Å²) in [7, 11) is 0. The molecule has 8 heteroatoms. The molecule has 1 saturated heterocycles. The summed E-state index contributed by atoms with van der Waals surface area (Å²) >= 11 is 2.88. The van der Waals surface area contributed by atoms with Crippen LogP contribution in [-0.4, -0.2) is 24.0 Å². The van der Waals surface area contributed by atoms with Crippen LogP contribution in [0, 0.1) is 0 Å². The molecule has 146 valence electrons. The Kier molecular flexibility index (Phi) is 4.68. The van der Waals surface area contributed by atoms with Crippen LogP contribution >= 0.6 is 22.7 Å². The minimum atomic E-state index is -0.164. The monoisotopic (exact) mass is 414 g/mol. The number of aromatic nitrogens is 2. The molecule has 28 heavy (non-hydrogen) atoms. The van der Waals surface area contributed by atoms with Gasteiger partial charge < -0.3 is 10.6 Å². The molecule has 0 spiro atoms. The van der Waals surface area contributed by atoms with Crippen LogP contribution < -0.4 is 20.9 Å². The van der Waals surface area contributed by atoms with E-state index < -0.39 is 0 Å². The average Bonchev–Trinajstić information content (AvgIpc) is 3.36. The Hall–Kier alpha value is -2.19. The molecule has 5 rings (SSSR count). The second-order valence-corrected chi connectivity index (χ2v) is 9.44. The molecule has 1 aliphatic heterocycles. The number of hydrogen-bond acceptors (Lipinski definition) is 6. The van der Waals surface area contributed by atoms with Gasteiger partial charge in [0.15, 0.2) is 0 Å². The Balaban J connectivity index is 1.61. The number of thiazole rings is 1. The Morgan fingerprint density at radius 2 is 1.93 bits per heavy atom. The lowest BCUT2D eigenvalue weighted by Crippen LogP contribution is -2.31. The number of carbonyl (C=O) groups excluding carboxylic acids is 1. The van der Waals surface area contributed by atoms with Crippen molar-refractivity contribution in [2.75, 3.05) is 29.0 Å². The van der Waals surface area contributed by atoms with Crippen LogP contribution in [0.5, 0.6) is 0 Å². The number of fused-ring (bicyclic) bond motifs is 3. The highest BCUT2D eigenvalue weighted by atomic mass is 32.1. The molecule has 1 fully saturated rings. The molecule has 0 aromatic carbocycles. The molecule has 4 heterocycles. The lowest BCUT2D eigenvalue weighted by molar-refractivity contribution is -0.354. The molecule has 0 bridgehead atoms. The summed E-state index contributed by atoms with van der Waals surface area (Å²) in [6.45, 7) is 2.15. The summed E-state index contributed by atoms with van der Waals surface area (Å²) in [6, 6.07) is 0. The van der Waals surface area contributed by atoms with E-state index in [2.05, 4.69) is 15.2 Å². The van der Waals surface area contributed by atoms with Crippen LogP contribution in [0.1, 0.15) is 52.9 Å². The van der Waals surface area contributed by atoms with Gasteiger partial charge in [0.2, 0.25) is 0 Å². The third kappa shape index (κ3) is 3.04. The zero-order valence-corrected chi connectivity index (χ0v) is 17.3. The molecular formula is C20H24N5OS2+. The van der Waals surface area contributed by atoms with Crippen molar-refractivity contribution in [3.63, 3.8) is 0 Å². The maximum atomic E-state index is 12.8. The SMILES string of the molecule is Nc1c(C(=O)Nc2[nH+]ccs2)sc2nc(N3CCCCC3)c3c(c12)CCCC3. The number of piperidine rings is 1. The highest BCUT2D eigenvalue weighted by Crippen LogP contribution is 2.42. The number of anilines is 3. The molecule has 0 radical (unpaired) electrons. The highest BCUT2D eigenvalue weighted by molar-refractivity contribution is 7.21. The van der Waals surface area contributed by atoms with Crippen molar-refractivity contribution >= 4 is 55.4 Å². The van der Waals surface area contributed by atoms with Crippen LogP contribution in [0.2, 0.25) is 0 Å². The van der Waals surface area contributed by atoms with Crippen molar-refractivity contribution in [3.05, 3.63) is 27.6 Å². The van der Waals surface area contributed by atoms with Gasteiger partial charge in [-0.05, 0) is 56.1 Å². The molecule has 4 N–H and O–H groups in total. The topological polar surface area (TPSA) is 85.4 Å². The molecule has 1 aliphatic carbocycles. The number of hydrogen-bond donors (Lipinski definition) is 2. The van der Waals surface area contributed by atoms with Gasteiger partial charge in [-0.3, -0.25) is 0 Å². The van der Waals surface area contributed by atoms with E-state index in [9.17, 15) is 4.79 Å². The van der Waals surface area contributed by atoms with Gasteiger partial charge in [-0.2, -0.15) is 5.32 Å². The van der Waals surface area contributed by atoms with E-state index in [1.165, 1.54) is 65.9 Å². The van der Waals surface area contributed by atoms with Crippen molar-refractivity contribution in [1.29, 1.82) is 0 Å². The minimum absolute atomic E-state index is 0.164. The van der Waals surface area contributed by atoms with E-state index in [4.69, 9.17) is 10.7 Å². The standard InChI is InChI=1S/C20H23N5OS2/c21-15-14-12-6-2-3-7-13(12)17(25-9-4-1-5-10-25)23-19(14)28-16(15)18(26)24-20-22-8-11-27-20/h8,11H,1-7,9-10,21H2,(H,22,24,26)/p+1. The van der Waals surface area contributed by atoms with Crippen molar-refractivity contribution in [2.24, 2.45) is 0 Å². The number of aromatic amines is 1. The maximum absolute atomic E-state index is 12.8. The van der Waals surface area contributed by atoms with Gasteiger partial charge >= 0.3 is 11.0 Å². The number of aryl methyl sites for hydroxylation is 1. The largest absolute Gasteiger partial charge is 0.397 e. The predicted octanol–water partition coefficient (Wildman–Crippen LogP) is 3.88. The first-order valence-corrected chi connectivity index (χ1v) is 11.7. The Bertz CT molecular complexity index is 1020. The Morgan fingerprint density at radius 1 is 1.14 bits per heavy atom. The summed E-state index contributed by atoms with van der Waals surface area (Å²) in [5, 5.41) is 6.54. The van der Waals surface area contributed by atoms with E-state index in [1.807, 2.05) is 5.38 Å². The zero-order valence-electron chi connectivity index (χ0n) is 15.7. The quantitative estimate of drug-likeness (QED) is 0.681. The second-order valence-electron chi connectivity index (χ2n) is 7.52. The van der Waals surface area contributed by atoms with Gasteiger partial charge in [0.1, 0.15) is 15.5 Å². The van der Waals surface area contributed by atoms with Crippen molar-refractivity contribution < 1.29 is 9.78 Å². The lowest BCUT2D eigenvalue weighted by atomic mass is 9.89. The Labute approximate surface area is 171 Å². The second kappa shape index (κ2) is 7.33. The molecule has 1 amide bonds. The molecule has 0 atom stereocenters. The number of carbonyl (C=O) groups is 1. The smallest absolute Gasteiger partial charge is 0.351 e. The molecule has 3 aromatic heterocycles. The van der Waals surface area contributed by atoms with Crippen LogP contribution in [0.15, 0.2) is 11.6 Å². The average molecular weight is 415 g/mol. The van der Waals surface area contributed by atoms with Gasteiger partial charge in [0, 0.05) is 23.9 Å². The number of nitrogens with zero attached hydrogens (tertiary/aromatic N) is 2. The van der Waals surface area contributed by atoms with Gasteiger partial charge in [-0.25, -0.2) is 14.8 Å². The summed E-state index contributed by atoms with van der Waals surface area (Å²) in [6.07, 6.45) is 10.0. The lowest BCUT2D eigenvalue weighted by Gasteiger charge is -2.31. The van der Waals surface area contributed by atoms with Gasteiger partial charge in [0.05, 0.1) is 11.9 Å². The van der Waals surface area contributed by atoms with Crippen LogP contribution in [0.3, 0.4) is 0 Å². The number of pyridine rings is 1. The van der Waals surface area contributed by atoms with Gasteiger partial charge in [-0.15, -0.1) is 11.3 Å².